The van der Waals surface area contributed by atoms with Gasteiger partial charge in [-0.15, -0.1) is 0 Å². The Morgan fingerprint density at radius 3 is 2.63 bits per heavy atom. The summed E-state index contributed by atoms with van der Waals surface area (Å²) in [6.45, 7) is 2.86. The predicted octanol–water partition coefficient (Wildman–Crippen LogP) is 2.88. The first kappa shape index (κ1) is 13.3. The highest BCUT2D eigenvalue weighted by atomic mass is 16.1. The predicted molar refractivity (Wildman–Crippen MR) is 77.8 cm³/mol. The van der Waals surface area contributed by atoms with Crippen molar-refractivity contribution in [3.63, 3.8) is 0 Å². The number of anilines is 1. The molecule has 98 valence electrons. The van der Waals surface area contributed by atoms with Crippen LogP contribution in [-0.4, -0.2) is 24.9 Å². The minimum Gasteiger partial charge on any atom is -0.374 e. The second kappa shape index (κ2) is 6.14. The first-order valence-electron chi connectivity index (χ1n) is 6.36. The molecule has 0 amide bonds. The summed E-state index contributed by atoms with van der Waals surface area (Å²) < 4.78 is 0. The van der Waals surface area contributed by atoms with Crippen LogP contribution < -0.4 is 4.90 Å². The first-order chi connectivity index (χ1) is 9.20. The molecule has 3 nitrogen and oxygen atoms in total. The topological polar surface area (TPSA) is 33.2 Å². The summed E-state index contributed by atoms with van der Waals surface area (Å²) in [6, 6.07) is 10.00. The monoisotopic (exact) mass is 254 g/mol. The van der Waals surface area contributed by atoms with Gasteiger partial charge >= 0.3 is 0 Å². The Labute approximate surface area is 113 Å². The molecule has 2 rings (SSSR count). The molecule has 2 aromatic rings. The summed E-state index contributed by atoms with van der Waals surface area (Å²) >= 11 is 0. The van der Waals surface area contributed by atoms with E-state index >= 15 is 0 Å². The van der Waals surface area contributed by atoms with Crippen molar-refractivity contribution in [1.29, 1.82) is 0 Å². The molecule has 0 aliphatic carbocycles. The van der Waals surface area contributed by atoms with Crippen molar-refractivity contribution in [3.8, 4) is 0 Å². The Bertz CT molecular complexity index is 552. The van der Waals surface area contributed by atoms with Gasteiger partial charge in [0, 0.05) is 37.2 Å². The summed E-state index contributed by atoms with van der Waals surface area (Å²) in [5.74, 6) is 0. The van der Waals surface area contributed by atoms with Crippen molar-refractivity contribution in [2.45, 2.75) is 13.3 Å². The lowest BCUT2D eigenvalue weighted by Gasteiger charge is -2.21. The summed E-state index contributed by atoms with van der Waals surface area (Å²) in [5, 5.41) is 0. The molecule has 1 aromatic carbocycles. The quantitative estimate of drug-likeness (QED) is 0.769. The zero-order chi connectivity index (χ0) is 13.7. The maximum Gasteiger partial charge on any atom is 0.152 e. The molecule has 19 heavy (non-hydrogen) atoms. The van der Waals surface area contributed by atoms with E-state index < -0.39 is 0 Å². The molecule has 0 saturated heterocycles. The highest BCUT2D eigenvalue weighted by molar-refractivity contribution is 5.84. The first-order valence-corrected chi connectivity index (χ1v) is 6.36. The second-order valence-electron chi connectivity index (χ2n) is 4.71. The van der Waals surface area contributed by atoms with Crippen LogP contribution in [-0.2, 0) is 6.42 Å². The second-order valence-corrected chi connectivity index (χ2v) is 4.71. The highest BCUT2D eigenvalue weighted by Crippen LogP contribution is 2.19. The Kier molecular flexibility index (Phi) is 4.29. The smallest absolute Gasteiger partial charge is 0.152 e. The molecule has 0 spiro atoms. The van der Waals surface area contributed by atoms with Crippen LogP contribution in [0, 0.1) is 6.92 Å². The molecule has 3 heteroatoms. The minimum atomic E-state index is 0.747. The Morgan fingerprint density at radius 2 is 1.95 bits per heavy atom. The van der Waals surface area contributed by atoms with Gasteiger partial charge in [0.05, 0.1) is 0 Å². The van der Waals surface area contributed by atoms with Crippen molar-refractivity contribution in [2.24, 2.45) is 0 Å². The molecular formula is C16H18N2O. The number of nitrogens with zero attached hydrogens (tertiary/aromatic N) is 2. The Morgan fingerprint density at radius 1 is 1.21 bits per heavy atom. The highest BCUT2D eigenvalue weighted by Gasteiger charge is 2.07. The van der Waals surface area contributed by atoms with Gasteiger partial charge in [0.15, 0.2) is 6.29 Å². The lowest BCUT2D eigenvalue weighted by atomic mass is 10.1. The number of aromatic nitrogens is 1. The minimum absolute atomic E-state index is 0.747. The molecule has 0 fully saturated rings. The number of carbonyl (C=O) groups excluding carboxylic acids is 1. The fourth-order valence-electron chi connectivity index (χ4n) is 2.08. The van der Waals surface area contributed by atoms with Gasteiger partial charge in [-0.3, -0.25) is 9.78 Å². The van der Waals surface area contributed by atoms with Gasteiger partial charge in [-0.1, -0.05) is 11.6 Å². The molecule has 1 heterocycles. The molecule has 1 aromatic heterocycles. The van der Waals surface area contributed by atoms with Crippen molar-refractivity contribution in [1.82, 2.24) is 4.98 Å². The van der Waals surface area contributed by atoms with Crippen molar-refractivity contribution >= 4 is 12.0 Å². The number of carbonyl (C=O) groups is 1. The third kappa shape index (κ3) is 3.41. The maximum absolute atomic E-state index is 11.1. The van der Waals surface area contributed by atoms with E-state index in [1.807, 2.05) is 44.3 Å². The van der Waals surface area contributed by atoms with Gasteiger partial charge < -0.3 is 4.90 Å². The number of aldehydes is 1. The maximum atomic E-state index is 11.1. The van der Waals surface area contributed by atoms with Crippen molar-refractivity contribution in [2.75, 3.05) is 18.5 Å². The molecule has 0 saturated carbocycles. The molecule has 0 aliphatic rings. The number of rotatable bonds is 5. The lowest BCUT2D eigenvalue weighted by Crippen LogP contribution is -2.21. The number of hydrogen-bond acceptors (Lipinski definition) is 3. The van der Waals surface area contributed by atoms with Crippen LogP contribution in [0.2, 0.25) is 0 Å². The van der Waals surface area contributed by atoms with Crippen LogP contribution in [0.5, 0.6) is 0 Å². The van der Waals surface area contributed by atoms with E-state index in [4.69, 9.17) is 0 Å². The third-order valence-electron chi connectivity index (χ3n) is 3.21. The number of aryl methyl sites for hydroxylation is 1. The molecule has 0 aliphatic heterocycles. The number of pyridine rings is 1. The number of likely N-dealkylation sites (N-methyl/N-ethyl adjacent to an activating group) is 1. The molecular weight excluding hydrogens is 236 g/mol. The van der Waals surface area contributed by atoms with Gasteiger partial charge in [-0.25, -0.2) is 0 Å². The van der Waals surface area contributed by atoms with E-state index in [1.54, 1.807) is 12.4 Å². The van der Waals surface area contributed by atoms with Crippen LogP contribution in [0.3, 0.4) is 0 Å². The van der Waals surface area contributed by atoms with Crippen LogP contribution in [0.1, 0.15) is 21.5 Å². The van der Waals surface area contributed by atoms with Crippen LogP contribution in [0.15, 0.2) is 42.7 Å². The Balaban J connectivity index is 2.08. The van der Waals surface area contributed by atoms with E-state index in [0.717, 1.165) is 36.1 Å². The molecule has 0 atom stereocenters. The standard InChI is InChI=1S/C16H18N2O/c1-13-3-4-16(15(11-13)12-19)18(2)10-7-14-5-8-17-9-6-14/h3-6,8-9,11-12H,7,10H2,1-2H3. The summed E-state index contributed by atoms with van der Waals surface area (Å²) in [5.41, 5.74) is 4.09. The summed E-state index contributed by atoms with van der Waals surface area (Å²) in [7, 11) is 2.01. The van der Waals surface area contributed by atoms with Crippen LogP contribution >= 0.6 is 0 Å². The van der Waals surface area contributed by atoms with Gasteiger partial charge in [-0.05, 0) is 43.2 Å². The molecule has 0 radical (unpaired) electrons. The zero-order valence-electron chi connectivity index (χ0n) is 11.3. The fourth-order valence-corrected chi connectivity index (χ4v) is 2.08. The number of benzene rings is 1. The van der Waals surface area contributed by atoms with Crippen LogP contribution in [0.4, 0.5) is 5.69 Å². The SMILES string of the molecule is Cc1ccc(N(C)CCc2ccncc2)c(C=O)c1. The Hall–Kier alpha value is -2.16. The molecule has 0 bridgehead atoms. The van der Waals surface area contributed by atoms with Crippen LogP contribution in [0.25, 0.3) is 0 Å². The largest absolute Gasteiger partial charge is 0.374 e. The zero-order valence-corrected chi connectivity index (χ0v) is 11.3. The number of hydrogen-bond donors (Lipinski definition) is 0. The van der Waals surface area contributed by atoms with E-state index in [0.29, 0.717) is 0 Å². The van der Waals surface area contributed by atoms with Gasteiger partial charge in [-0.2, -0.15) is 0 Å². The van der Waals surface area contributed by atoms with Gasteiger partial charge in [0.1, 0.15) is 0 Å². The van der Waals surface area contributed by atoms with Crippen molar-refractivity contribution in [3.05, 3.63) is 59.4 Å². The average Bonchev–Trinajstić information content (AvgIpc) is 2.45. The van der Waals surface area contributed by atoms with E-state index in [1.165, 1.54) is 5.56 Å². The van der Waals surface area contributed by atoms with Crippen molar-refractivity contribution < 1.29 is 4.79 Å². The van der Waals surface area contributed by atoms with E-state index in [9.17, 15) is 4.79 Å². The van der Waals surface area contributed by atoms with Gasteiger partial charge in [0.2, 0.25) is 0 Å². The van der Waals surface area contributed by atoms with E-state index in [-0.39, 0.29) is 0 Å². The molecule has 0 N–H and O–H groups in total. The average molecular weight is 254 g/mol. The summed E-state index contributed by atoms with van der Waals surface area (Å²) in [4.78, 5) is 17.2. The van der Waals surface area contributed by atoms with Gasteiger partial charge in [0.25, 0.3) is 0 Å². The normalized spacial score (nSPS) is 10.2. The lowest BCUT2D eigenvalue weighted by molar-refractivity contribution is 0.112. The summed E-state index contributed by atoms with van der Waals surface area (Å²) in [6.07, 6.45) is 5.46. The third-order valence-corrected chi connectivity index (χ3v) is 3.21. The van der Waals surface area contributed by atoms with E-state index in [2.05, 4.69) is 9.88 Å². The fraction of sp³-hybridized carbons (Fsp3) is 0.250. The molecule has 0 unspecified atom stereocenters.